The highest BCUT2D eigenvalue weighted by Crippen LogP contribution is 2.11. The lowest BCUT2D eigenvalue weighted by Gasteiger charge is -2.15. The zero-order chi connectivity index (χ0) is 17.7. The van der Waals surface area contributed by atoms with Gasteiger partial charge < -0.3 is 10.4 Å². The number of carboxylic acid groups (broad SMARTS) is 1. The van der Waals surface area contributed by atoms with E-state index in [0.717, 1.165) is 11.3 Å². The number of hydrogen-bond donors (Lipinski definition) is 2. The molecule has 6 nitrogen and oxygen atoms in total. The number of rotatable bonds is 7. The largest absolute Gasteiger partial charge is 0.480 e. The fraction of sp³-hybridized carbons (Fsp3) is 0.389. The van der Waals surface area contributed by atoms with Crippen LogP contribution in [0.4, 0.5) is 0 Å². The maximum Gasteiger partial charge on any atom is 0.326 e. The minimum atomic E-state index is -1.06. The van der Waals surface area contributed by atoms with E-state index in [4.69, 9.17) is 0 Å². The van der Waals surface area contributed by atoms with Gasteiger partial charge in [0.25, 0.3) is 5.91 Å². The molecule has 0 aliphatic heterocycles. The molecule has 0 bridgehead atoms. The van der Waals surface area contributed by atoms with Gasteiger partial charge in [-0.3, -0.25) is 9.48 Å². The number of nitrogens with one attached hydrogen (secondary N) is 1. The van der Waals surface area contributed by atoms with Crippen molar-refractivity contribution >= 4 is 11.9 Å². The van der Waals surface area contributed by atoms with Gasteiger partial charge in [0.2, 0.25) is 0 Å². The van der Waals surface area contributed by atoms with E-state index < -0.39 is 17.9 Å². The highest BCUT2D eigenvalue weighted by Gasteiger charge is 2.23. The summed E-state index contributed by atoms with van der Waals surface area (Å²) in [4.78, 5) is 23.9. The first-order valence-corrected chi connectivity index (χ1v) is 7.98. The molecule has 2 rings (SSSR count). The van der Waals surface area contributed by atoms with Crippen LogP contribution in [-0.4, -0.2) is 32.8 Å². The highest BCUT2D eigenvalue weighted by atomic mass is 16.4. The fourth-order valence-corrected chi connectivity index (χ4v) is 2.49. The van der Waals surface area contributed by atoms with Crippen molar-refractivity contribution in [2.75, 3.05) is 0 Å². The summed E-state index contributed by atoms with van der Waals surface area (Å²) < 4.78 is 1.77. The normalized spacial score (nSPS) is 12.2. The van der Waals surface area contributed by atoms with Gasteiger partial charge in [-0.15, -0.1) is 0 Å². The van der Waals surface area contributed by atoms with Gasteiger partial charge in [0.05, 0.1) is 11.8 Å². The number of carbonyl (C=O) groups excluding carboxylic acids is 1. The molecular formula is C18H23N3O3. The van der Waals surface area contributed by atoms with E-state index in [9.17, 15) is 14.7 Å². The number of carbonyl (C=O) groups is 2. The Morgan fingerprint density at radius 3 is 2.50 bits per heavy atom. The number of aromatic nitrogens is 2. The second-order valence-electron chi connectivity index (χ2n) is 6.27. The van der Waals surface area contributed by atoms with Crippen molar-refractivity contribution in [3.05, 3.63) is 53.3 Å². The van der Waals surface area contributed by atoms with E-state index >= 15 is 0 Å². The Bertz CT molecular complexity index is 708. The summed E-state index contributed by atoms with van der Waals surface area (Å²) in [5, 5.41) is 16.2. The van der Waals surface area contributed by atoms with Crippen molar-refractivity contribution in [3.8, 4) is 0 Å². The van der Waals surface area contributed by atoms with Gasteiger partial charge in [-0.1, -0.05) is 44.2 Å². The van der Waals surface area contributed by atoms with E-state index in [0.29, 0.717) is 18.0 Å². The molecule has 24 heavy (non-hydrogen) atoms. The lowest BCUT2D eigenvalue weighted by molar-refractivity contribution is -0.139. The number of aliphatic carboxylic acids is 1. The third-order valence-electron chi connectivity index (χ3n) is 3.77. The SMILES string of the molecule is Cc1c(C(=O)N[C@H](Cc2ccccc2)C(=O)O)cnn1CC(C)C. The summed E-state index contributed by atoms with van der Waals surface area (Å²) in [5.74, 6) is -1.06. The number of amides is 1. The quantitative estimate of drug-likeness (QED) is 0.816. The zero-order valence-corrected chi connectivity index (χ0v) is 14.2. The van der Waals surface area contributed by atoms with Crippen molar-refractivity contribution in [2.45, 2.75) is 39.8 Å². The molecule has 1 aromatic heterocycles. The monoisotopic (exact) mass is 329 g/mol. The van der Waals surface area contributed by atoms with Crippen LogP contribution < -0.4 is 5.32 Å². The van der Waals surface area contributed by atoms with Crippen LogP contribution in [0.5, 0.6) is 0 Å². The molecule has 1 aromatic carbocycles. The number of carboxylic acids is 1. The minimum absolute atomic E-state index is 0.237. The fourth-order valence-electron chi connectivity index (χ4n) is 2.49. The van der Waals surface area contributed by atoms with Crippen LogP contribution in [0.3, 0.4) is 0 Å². The molecule has 0 aliphatic carbocycles. The van der Waals surface area contributed by atoms with Gasteiger partial charge in [-0.2, -0.15) is 5.10 Å². The molecule has 1 heterocycles. The smallest absolute Gasteiger partial charge is 0.326 e. The van der Waals surface area contributed by atoms with Gasteiger partial charge in [-0.05, 0) is 18.4 Å². The number of hydrogen-bond acceptors (Lipinski definition) is 3. The third-order valence-corrected chi connectivity index (χ3v) is 3.77. The van der Waals surface area contributed by atoms with E-state index in [1.54, 1.807) is 4.68 Å². The molecule has 0 spiro atoms. The van der Waals surface area contributed by atoms with Crippen molar-refractivity contribution in [1.29, 1.82) is 0 Å². The molecule has 2 aromatic rings. The zero-order valence-electron chi connectivity index (χ0n) is 14.2. The number of nitrogens with zero attached hydrogens (tertiary/aromatic N) is 2. The van der Waals surface area contributed by atoms with Crippen molar-refractivity contribution in [1.82, 2.24) is 15.1 Å². The van der Waals surface area contributed by atoms with E-state index in [2.05, 4.69) is 24.3 Å². The molecule has 1 atom stereocenters. The van der Waals surface area contributed by atoms with Gasteiger partial charge in [0, 0.05) is 18.7 Å². The molecular weight excluding hydrogens is 306 g/mol. The van der Waals surface area contributed by atoms with Gasteiger partial charge in [-0.25, -0.2) is 4.79 Å². The first-order chi connectivity index (χ1) is 11.4. The molecule has 0 aliphatic rings. The molecule has 6 heteroatoms. The molecule has 0 saturated carbocycles. The molecule has 0 unspecified atom stereocenters. The van der Waals surface area contributed by atoms with E-state index in [-0.39, 0.29) is 6.42 Å². The molecule has 0 saturated heterocycles. The van der Waals surface area contributed by atoms with E-state index in [1.165, 1.54) is 6.20 Å². The topological polar surface area (TPSA) is 84.2 Å². The van der Waals surface area contributed by atoms with Crippen LogP contribution >= 0.6 is 0 Å². The molecule has 2 N–H and O–H groups in total. The van der Waals surface area contributed by atoms with Crippen LogP contribution in [0.2, 0.25) is 0 Å². The number of benzene rings is 1. The molecule has 1 amide bonds. The molecule has 128 valence electrons. The van der Waals surface area contributed by atoms with Crippen LogP contribution in [0.1, 0.15) is 35.5 Å². The van der Waals surface area contributed by atoms with Gasteiger partial charge >= 0.3 is 5.97 Å². The van der Waals surface area contributed by atoms with Crippen LogP contribution in [0.25, 0.3) is 0 Å². The second-order valence-corrected chi connectivity index (χ2v) is 6.27. The minimum Gasteiger partial charge on any atom is -0.480 e. The maximum atomic E-state index is 12.4. The summed E-state index contributed by atoms with van der Waals surface area (Å²) in [6.07, 6.45) is 1.73. The van der Waals surface area contributed by atoms with Crippen molar-refractivity contribution in [3.63, 3.8) is 0 Å². The summed E-state index contributed by atoms with van der Waals surface area (Å²) in [7, 11) is 0. The van der Waals surface area contributed by atoms with Crippen molar-refractivity contribution < 1.29 is 14.7 Å². The predicted octanol–water partition coefficient (Wildman–Crippen LogP) is 2.27. The van der Waals surface area contributed by atoms with Crippen molar-refractivity contribution in [2.24, 2.45) is 5.92 Å². The summed E-state index contributed by atoms with van der Waals surface area (Å²) in [5.41, 5.74) is 2.01. The first kappa shape index (κ1) is 17.7. The summed E-state index contributed by atoms with van der Waals surface area (Å²) in [6, 6.07) is 8.26. The predicted molar refractivity (Wildman–Crippen MR) is 90.8 cm³/mol. The van der Waals surface area contributed by atoms with Gasteiger partial charge in [0.15, 0.2) is 0 Å². The van der Waals surface area contributed by atoms with Crippen LogP contribution in [0.15, 0.2) is 36.5 Å². The van der Waals surface area contributed by atoms with E-state index in [1.807, 2.05) is 37.3 Å². The maximum absolute atomic E-state index is 12.4. The van der Waals surface area contributed by atoms with Crippen LogP contribution in [0, 0.1) is 12.8 Å². The first-order valence-electron chi connectivity index (χ1n) is 7.98. The Balaban J connectivity index is 2.11. The molecule has 0 radical (unpaired) electrons. The summed E-state index contributed by atoms with van der Waals surface area (Å²) in [6.45, 7) is 6.67. The Hall–Kier alpha value is -2.63. The Labute approximate surface area is 141 Å². The average molecular weight is 329 g/mol. The summed E-state index contributed by atoms with van der Waals surface area (Å²) >= 11 is 0. The lowest BCUT2D eigenvalue weighted by Crippen LogP contribution is -2.42. The van der Waals surface area contributed by atoms with Gasteiger partial charge in [0.1, 0.15) is 6.04 Å². The standard InChI is InChI=1S/C18H23N3O3/c1-12(2)11-21-13(3)15(10-19-21)17(22)20-16(18(23)24)9-14-7-5-4-6-8-14/h4-8,10,12,16H,9,11H2,1-3H3,(H,20,22)(H,23,24)/t16-/m1/s1. The average Bonchev–Trinajstić information content (AvgIpc) is 2.88. The Morgan fingerprint density at radius 2 is 1.92 bits per heavy atom. The Morgan fingerprint density at radius 1 is 1.25 bits per heavy atom. The lowest BCUT2D eigenvalue weighted by atomic mass is 10.1. The Kier molecular flexibility index (Phi) is 5.73. The third kappa shape index (κ3) is 4.44. The van der Waals surface area contributed by atoms with Crippen LogP contribution in [-0.2, 0) is 17.8 Å². The molecule has 0 fully saturated rings. The highest BCUT2D eigenvalue weighted by molar-refractivity contribution is 5.97. The second kappa shape index (κ2) is 7.77.